The van der Waals surface area contributed by atoms with E-state index in [4.69, 9.17) is 9.47 Å². The minimum Gasteiger partial charge on any atom is -0.497 e. The standard InChI is InChI=1S/C29H28FN3O5/c1-37-22-14-12-21(13-15-22)29(19-8-4-2-5-9-19,20-10-6-3-7-11-20)32-26-23(18-34)38-27(25(26)30)33-17-16-24(35)31-28(33)36/h2-17,23,25-27,32,34H,18H2,1H3,(H,31,35,36)/t23-,25-,26-,27-/m1/s1. The molecule has 38 heavy (non-hydrogen) atoms. The number of halogens is 1. The van der Waals surface area contributed by atoms with Gasteiger partial charge in [0.1, 0.15) is 11.9 Å². The van der Waals surface area contributed by atoms with Gasteiger partial charge in [-0.1, -0.05) is 72.8 Å². The number of hydrogen-bond donors (Lipinski definition) is 3. The number of aromatic nitrogens is 2. The minimum absolute atomic E-state index is 0.491. The summed E-state index contributed by atoms with van der Waals surface area (Å²) < 4.78 is 28.5. The first-order valence-electron chi connectivity index (χ1n) is 12.2. The largest absolute Gasteiger partial charge is 0.497 e. The molecule has 0 amide bonds. The number of methoxy groups -OCH3 is 1. The number of rotatable bonds is 8. The van der Waals surface area contributed by atoms with E-state index in [1.54, 1.807) is 7.11 Å². The number of aliphatic hydroxyl groups excluding tert-OH is 1. The minimum atomic E-state index is -1.75. The highest BCUT2D eigenvalue weighted by Gasteiger charge is 2.50. The third-order valence-electron chi connectivity index (χ3n) is 6.96. The second-order valence-corrected chi connectivity index (χ2v) is 9.09. The van der Waals surface area contributed by atoms with Crippen LogP contribution in [0.1, 0.15) is 22.9 Å². The van der Waals surface area contributed by atoms with Crippen molar-refractivity contribution in [3.63, 3.8) is 0 Å². The number of nitrogens with one attached hydrogen (secondary N) is 2. The summed E-state index contributed by atoms with van der Waals surface area (Å²) in [6.07, 6.45) is -2.89. The monoisotopic (exact) mass is 517 g/mol. The lowest BCUT2D eigenvalue weighted by molar-refractivity contribution is -0.0413. The molecule has 3 N–H and O–H groups in total. The van der Waals surface area contributed by atoms with Gasteiger partial charge in [-0.05, 0) is 28.8 Å². The Morgan fingerprint density at radius 2 is 1.53 bits per heavy atom. The number of hydrogen-bond acceptors (Lipinski definition) is 6. The molecule has 0 unspecified atom stereocenters. The van der Waals surface area contributed by atoms with Crippen LogP contribution in [-0.4, -0.2) is 46.7 Å². The number of aromatic amines is 1. The predicted octanol–water partition coefficient (Wildman–Crippen LogP) is 2.72. The molecule has 1 aliphatic heterocycles. The molecule has 196 valence electrons. The third kappa shape index (κ3) is 4.56. The average molecular weight is 518 g/mol. The van der Waals surface area contributed by atoms with Gasteiger partial charge in [-0.3, -0.25) is 19.7 Å². The predicted molar refractivity (Wildman–Crippen MR) is 140 cm³/mol. The van der Waals surface area contributed by atoms with Gasteiger partial charge in [0.05, 0.1) is 25.3 Å². The van der Waals surface area contributed by atoms with Crippen LogP contribution in [0.15, 0.2) is 107 Å². The van der Waals surface area contributed by atoms with Crippen LogP contribution in [0.25, 0.3) is 0 Å². The second kappa shape index (κ2) is 10.7. The molecule has 8 nitrogen and oxygen atoms in total. The molecule has 4 atom stereocenters. The topological polar surface area (TPSA) is 106 Å². The first-order valence-corrected chi connectivity index (χ1v) is 12.2. The highest BCUT2D eigenvalue weighted by Crippen LogP contribution is 2.41. The van der Waals surface area contributed by atoms with E-state index < -0.39 is 47.9 Å². The van der Waals surface area contributed by atoms with Gasteiger partial charge < -0.3 is 14.6 Å². The number of nitrogens with zero attached hydrogens (tertiary/aromatic N) is 1. The Hall–Kier alpha value is -4.05. The Morgan fingerprint density at radius 3 is 2.05 bits per heavy atom. The summed E-state index contributed by atoms with van der Waals surface area (Å²) in [6, 6.07) is 26.8. The summed E-state index contributed by atoms with van der Waals surface area (Å²) in [5.41, 5.74) is 0.0274. The Bertz CT molecular complexity index is 1430. The molecule has 0 radical (unpaired) electrons. The number of aliphatic hydroxyl groups is 1. The van der Waals surface area contributed by atoms with Crippen LogP contribution in [0, 0.1) is 0 Å². The fraction of sp³-hybridized carbons (Fsp3) is 0.241. The van der Waals surface area contributed by atoms with E-state index in [1.165, 1.54) is 6.20 Å². The molecule has 9 heteroatoms. The third-order valence-corrected chi connectivity index (χ3v) is 6.96. The van der Waals surface area contributed by atoms with Crippen molar-refractivity contribution < 1.29 is 19.0 Å². The Balaban J connectivity index is 1.67. The zero-order valence-corrected chi connectivity index (χ0v) is 20.7. The lowest BCUT2D eigenvalue weighted by Gasteiger charge is -2.40. The molecule has 2 heterocycles. The van der Waals surface area contributed by atoms with Crippen LogP contribution >= 0.6 is 0 Å². The molecule has 0 bridgehead atoms. The molecule has 0 spiro atoms. The molecular weight excluding hydrogens is 489 g/mol. The van der Waals surface area contributed by atoms with Crippen molar-refractivity contribution in [2.45, 2.75) is 30.1 Å². The highest BCUT2D eigenvalue weighted by atomic mass is 19.1. The van der Waals surface area contributed by atoms with Crippen LogP contribution in [0.5, 0.6) is 5.75 Å². The maximum absolute atomic E-state index is 16.3. The van der Waals surface area contributed by atoms with Gasteiger partial charge in [-0.15, -0.1) is 0 Å². The number of H-pyrrole nitrogens is 1. The smallest absolute Gasteiger partial charge is 0.330 e. The number of benzene rings is 3. The molecule has 0 aliphatic carbocycles. The normalized spacial score (nSPS) is 21.3. The van der Waals surface area contributed by atoms with E-state index in [2.05, 4.69) is 10.3 Å². The molecule has 3 aromatic carbocycles. The quantitative estimate of drug-likeness (QED) is 0.311. The van der Waals surface area contributed by atoms with Gasteiger partial charge in [0, 0.05) is 12.3 Å². The van der Waals surface area contributed by atoms with Crippen molar-refractivity contribution in [3.8, 4) is 5.75 Å². The van der Waals surface area contributed by atoms with Gasteiger partial charge in [-0.2, -0.15) is 0 Å². The van der Waals surface area contributed by atoms with Crippen molar-refractivity contribution >= 4 is 0 Å². The van der Waals surface area contributed by atoms with Gasteiger partial charge in [0.15, 0.2) is 12.4 Å². The Labute approximate surface area is 218 Å². The maximum Gasteiger partial charge on any atom is 0.330 e. The average Bonchev–Trinajstić information content (AvgIpc) is 3.27. The number of alkyl halides is 1. The van der Waals surface area contributed by atoms with Crippen LogP contribution in [0.4, 0.5) is 4.39 Å². The van der Waals surface area contributed by atoms with Crippen molar-refractivity contribution in [2.75, 3.05) is 13.7 Å². The summed E-state index contributed by atoms with van der Waals surface area (Å²) in [6.45, 7) is -0.491. The van der Waals surface area contributed by atoms with Crippen molar-refractivity contribution in [3.05, 3.63) is 135 Å². The van der Waals surface area contributed by atoms with Gasteiger partial charge in [-0.25, -0.2) is 9.18 Å². The fourth-order valence-electron chi connectivity index (χ4n) is 5.11. The summed E-state index contributed by atoms with van der Waals surface area (Å²) in [7, 11) is 1.59. The van der Waals surface area contributed by atoms with E-state index in [0.29, 0.717) is 5.75 Å². The summed E-state index contributed by atoms with van der Waals surface area (Å²) in [5.74, 6) is 0.669. The van der Waals surface area contributed by atoms with E-state index in [0.717, 1.165) is 27.3 Å². The maximum atomic E-state index is 16.3. The van der Waals surface area contributed by atoms with Crippen LogP contribution in [0.2, 0.25) is 0 Å². The van der Waals surface area contributed by atoms with Crippen LogP contribution < -0.4 is 21.3 Å². The molecule has 0 saturated carbocycles. The zero-order chi connectivity index (χ0) is 26.7. The summed E-state index contributed by atoms with van der Waals surface area (Å²) >= 11 is 0. The number of ether oxygens (including phenoxy) is 2. The summed E-state index contributed by atoms with van der Waals surface area (Å²) in [4.78, 5) is 26.1. The molecular formula is C29H28FN3O5. The van der Waals surface area contributed by atoms with Crippen molar-refractivity contribution in [1.82, 2.24) is 14.9 Å². The van der Waals surface area contributed by atoms with Gasteiger partial charge in [0.2, 0.25) is 0 Å². The van der Waals surface area contributed by atoms with E-state index in [9.17, 15) is 14.7 Å². The summed E-state index contributed by atoms with van der Waals surface area (Å²) in [5, 5.41) is 13.7. The highest BCUT2D eigenvalue weighted by molar-refractivity contribution is 5.51. The molecule has 4 aromatic rings. The van der Waals surface area contributed by atoms with E-state index in [-0.39, 0.29) is 0 Å². The Kier molecular flexibility index (Phi) is 7.24. The van der Waals surface area contributed by atoms with E-state index >= 15 is 4.39 Å². The zero-order valence-electron chi connectivity index (χ0n) is 20.7. The van der Waals surface area contributed by atoms with Gasteiger partial charge >= 0.3 is 5.69 Å². The molecule has 1 fully saturated rings. The Morgan fingerprint density at radius 1 is 0.947 bits per heavy atom. The fourth-order valence-corrected chi connectivity index (χ4v) is 5.11. The SMILES string of the molecule is COc1ccc(C(N[C@H]2[C@@H](F)[C@H](n3ccc(=O)[nH]c3=O)O[C@@H]2CO)(c2ccccc2)c2ccccc2)cc1. The molecule has 1 aliphatic rings. The molecule has 1 saturated heterocycles. The van der Waals surface area contributed by atoms with E-state index in [1.807, 2.05) is 84.9 Å². The molecule has 5 rings (SSSR count). The van der Waals surface area contributed by atoms with Crippen molar-refractivity contribution in [2.24, 2.45) is 0 Å². The lowest BCUT2D eigenvalue weighted by atomic mass is 9.76. The first kappa shape index (κ1) is 25.6. The second-order valence-electron chi connectivity index (χ2n) is 9.09. The lowest BCUT2D eigenvalue weighted by Crippen LogP contribution is -2.56. The molecule has 1 aromatic heterocycles. The van der Waals surface area contributed by atoms with Crippen LogP contribution in [-0.2, 0) is 10.3 Å². The van der Waals surface area contributed by atoms with Crippen molar-refractivity contribution in [1.29, 1.82) is 0 Å². The van der Waals surface area contributed by atoms with Gasteiger partial charge in [0.25, 0.3) is 5.56 Å². The first-order chi connectivity index (χ1) is 18.5. The van der Waals surface area contributed by atoms with Crippen LogP contribution in [0.3, 0.4) is 0 Å².